The Bertz CT molecular complexity index is 1260. The minimum atomic E-state index is -0.438. The molecule has 0 N–H and O–H groups in total. The van der Waals surface area contributed by atoms with E-state index in [0.717, 1.165) is 16.6 Å². The summed E-state index contributed by atoms with van der Waals surface area (Å²) in [4.78, 5) is 27.2. The van der Waals surface area contributed by atoms with Crippen molar-refractivity contribution in [3.63, 3.8) is 0 Å². The molecule has 0 saturated heterocycles. The van der Waals surface area contributed by atoms with E-state index in [1.165, 1.54) is 5.56 Å². The molecule has 0 fully saturated rings. The monoisotopic (exact) mass is 360 g/mol. The Hall–Kier alpha value is -3.34. The third kappa shape index (κ3) is 2.63. The number of benzene rings is 2. The molecule has 4 rings (SSSR count). The first-order valence-corrected chi connectivity index (χ1v) is 8.75. The van der Waals surface area contributed by atoms with Gasteiger partial charge < -0.3 is 13.9 Å². The first-order chi connectivity index (χ1) is 12.9. The van der Waals surface area contributed by atoms with Crippen molar-refractivity contribution in [2.45, 2.75) is 13.8 Å². The summed E-state index contributed by atoms with van der Waals surface area (Å²) in [6, 6.07) is 14.9. The van der Waals surface area contributed by atoms with Gasteiger partial charge in [0.2, 0.25) is 0 Å². The second-order valence-corrected chi connectivity index (χ2v) is 6.87. The summed E-state index contributed by atoms with van der Waals surface area (Å²) in [7, 11) is 3.54. The van der Waals surface area contributed by atoms with E-state index in [0.29, 0.717) is 22.2 Å². The van der Waals surface area contributed by atoms with Crippen LogP contribution in [0.1, 0.15) is 21.6 Å². The van der Waals surface area contributed by atoms with Gasteiger partial charge in [0.25, 0.3) is 5.91 Å². The molecule has 2 aromatic carbocycles. The fourth-order valence-electron chi connectivity index (χ4n) is 3.42. The maximum Gasteiger partial charge on any atom is 0.345 e. The Morgan fingerprint density at radius 2 is 1.74 bits per heavy atom. The van der Waals surface area contributed by atoms with Gasteiger partial charge in [-0.25, -0.2) is 4.79 Å². The first-order valence-electron chi connectivity index (χ1n) is 8.75. The van der Waals surface area contributed by atoms with Crippen LogP contribution >= 0.6 is 0 Å². The van der Waals surface area contributed by atoms with E-state index in [1.54, 1.807) is 35.7 Å². The fraction of sp³-hybridized carbons (Fsp3) is 0.182. The van der Waals surface area contributed by atoms with Crippen molar-refractivity contribution >= 4 is 33.5 Å². The van der Waals surface area contributed by atoms with Gasteiger partial charge in [-0.2, -0.15) is 0 Å². The second-order valence-electron chi connectivity index (χ2n) is 6.87. The van der Waals surface area contributed by atoms with Crippen LogP contribution in [0.4, 0.5) is 5.69 Å². The number of rotatable bonds is 2. The average Bonchev–Trinajstić information content (AvgIpc) is 3.01. The van der Waals surface area contributed by atoms with Gasteiger partial charge in [-0.3, -0.25) is 4.79 Å². The van der Waals surface area contributed by atoms with Crippen molar-refractivity contribution in [2.24, 2.45) is 7.05 Å². The van der Waals surface area contributed by atoms with E-state index < -0.39 is 5.63 Å². The summed E-state index contributed by atoms with van der Waals surface area (Å²) < 4.78 is 7.18. The van der Waals surface area contributed by atoms with Gasteiger partial charge in [0.15, 0.2) is 0 Å². The van der Waals surface area contributed by atoms with Crippen LogP contribution in [0.15, 0.2) is 57.7 Å². The topological polar surface area (TPSA) is 55.5 Å². The zero-order chi connectivity index (χ0) is 19.3. The summed E-state index contributed by atoms with van der Waals surface area (Å²) in [5.74, 6) is -0.180. The van der Waals surface area contributed by atoms with Gasteiger partial charge in [0, 0.05) is 25.2 Å². The molecular weight excluding hydrogens is 340 g/mol. The summed E-state index contributed by atoms with van der Waals surface area (Å²) >= 11 is 0. The highest BCUT2D eigenvalue weighted by Crippen LogP contribution is 2.27. The highest BCUT2D eigenvalue weighted by Gasteiger charge is 2.22. The number of anilines is 1. The van der Waals surface area contributed by atoms with Crippen LogP contribution in [0.25, 0.3) is 21.9 Å². The number of carbonyl (C=O) groups is 1. The molecule has 1 amide bonds. The Morgan fingerprint density at radius 3 is 2.48 bits per heavy atom. The van der Waals surface area contributed by atoms with Crippen molar-refractivity contribution in [1.82, 2.24) is 4.57 Å². The lowest BCUT2D eigenvalue weighted by molar-refractivity contribution is 0.0985. The van der Waals surface area contributed by atoms with E-state index >= 15 is 0 Å². The van der Waals surface area contributed by atoms with Gasteiger partial charge in [0.05, 0.1) is 10.9 Å². The van der Waals surface area contributed by atoms with Gasteiger partial charge in [-0.05, 0) is 55.3 Å². The maximum absolute atomic E-state index is 13.2. The summed E-state index contributed by atoms with van der Waals surface area (Å²) in [5, 5.41) is 1.22. The average molecular weight is 360 g/mol. The summed E-state index contributed by atoms with van der Waals surface area (Å²) in [5.41, 5.74) is 4.33. The summed E-state index contributed by atoms with van der Waals surface area (Å²) in [6.07, 6.45) is 0. The lowest BCUT2D eigenvalue weighted by Gasteiger charge is -2.19. The molecule has 0 unspecified atom stereocenters. The molecule has 0 aliphatic carbocycles. The van der Waals surface area contributed by atoms with Crippen LogP contribution in [-0.4, -0.2) is 17.5 Å². The number of fused-ring (bicyclic) bond motifs is 3. The number of aromatic nitrogens is 1. The van der Waals surface area contributed by atoms with Crippen molar-refractivity contribution < 1.29 is 9.21 Å². The molecule has 0 spiro atoms. The van der Waals surface area contributed by atoms with Gasteiger partial charge >= 0.3 is 5.63 Å². The van der Waals surface area contributed by atoms with Gasteiger partial charge in [-0.15, -0.1) is 0 Å². The molecule has 0 atom stereocenters. The van der Waals surface area contributed by atoms with Crippen molar-refractivity contribution in [3.05, 3.63) is 75.8 Å². The Balaban J connectivity index is 1.88. The minimum absolute atomic E-state index is 0.180. The van der Waals surface area contributed by atoms with E-state index in [1.807, 2.05) is 50.2 Å². The second kappa shape index (κ2) is 6.13. The van der Waals surface area contributed by atoms with Crippen LogP contribution in [0.2, 0.25) is 0 Å². The molecule has 0 radical (unpaired) electrons. The van der Waals surface area contributed by atoms with Crippen LogP contribution in [0.5, 0.6) is 0 Å². The van der Waals surface area contributed by atoms with Crippen LogP contribution < -0.4 is 10.5 Å². The standard InChI is InChI=1S/C22H20N2O3/c1-13-9-10-15(11-14(13)2)23(3)21(25)18-12-17-20(24(18)4)16-7-5-6-8-19(16)27-22(17)26/h5-12H,1-4H3. The van der Waals surface area contributed by atoms with E-state index in [9.17, 15) is 9.59 Å². The predicted molar refractivity (Wildman–Crippen MR) is 108 cm³/mol. The van der Waals surface area contributed by atoms with Crippen molar-refractivity contribution in [2.75, 3.05) is 11.9 Å². The zero-order valence-electron chi connectivity index (χ0n) is 15.7. The number of carbonyl (C=O) groups excluding carboxylic acids is 1. The normalized spacial score (nSPS) is 11.3. The molecule has 0 saturated carbocycles. The highest BCUT2D eigenvalue weighted by molar-refractivity contribution is 6.11. The number of nitrogens with zero attached hydrogens (tertiary/aromatic N) is 2. The molecule has 2 aromatic heterocycles. The van der Waals surface area contributed by atoms with E-state index in [4.69, 9.17) is 4.42 Å². The highest BCUT2D eigenvalue weighted by atomic mass is 16.4. The first kappa shape index (κ1) is 17.1. The molecule has 5 heteroatoms. The van der Waals surface area contributed by atoms with Crippen molar-refractivity contribution in [1.29, 1.82) is 0 Å². The number of aryl methyl sites for hydroxylation is 3. The van der Waals surface area contributed by atoms with E-state index in [-0.39, 0.29) is 5.91 Å². The third-order valence-electron chi connectivity index (χ3n) is 5.20. The van der Waals surface area contributed by atoms with Crippen molar-refractivity contribution in [3.8, 4) is 0 Å². The van der Waals surface area contributed by atoms with Crippen LogP contribution in [0, 0.1) is 13.8 Å². The van der Waals surface area contributed by atoms with Gasteiger partial charge in [0.1, 0.15) is 11.3 Å². The summed E-state index contributed by atoms with van der Waals surface area (Å²) in [6.45, 7) is 4.06. The van der Waals surface area contributed by atoms with Crippen LogP contribution in [-0.2, 0) is 7.05 Å². The number of amides is 1. The minimum Gasteiger partial charge on any atom is -0.422 e. The Kier molecular flexibility index (Phi) is 3.88. The largest absolute Gasteiger partial charge is 0.422 e. The Labute approximate surface area is 156 Å². The Morgan fingerprint density at radius 1 is 1.00 bits per heavy atom. The maximum atomic E-state index is 13.2. The molecular formula is C22H20N2O3. The van der Waals surface area contributed by atoms with E-state index in [2.05, 4.69) is 0 Å². The molecule has 136 valence electrons. The molecule has 27 heavy (non-hydrogen) atoms. The number of hydrogen-bond donors (Lipinski definition) is 0. The molecule has 0 bridgehead atoms. The van der Waals surface area contributed by atoms with Gasteiger partial charge in [-0.1, -0.05) is 18.2 Å². The zero-order valence-corrected chi connectivity index (χ0v) is 15.7. The number of hydrogen-bond acceptors (Lipinski definition) is 3. The molecule has 5 nitrogen and oxygen atoms in total. The molecule has 2 heterocycles. The molecule has 4 aromatic rings. The van der Waals surface area contributed by atoms with Crippen LogP contribution in [0.3, 0.4) is 0 Å². The number of para-hydroxylation sites is 1. The molecule has 0 aliphatic heterocycles. The SMILES string of the molecule is Cc1ccc(N(C)C(=O)c2cc3c(=O)oc4ccccc4c3n2C)cc1C. The molecule has 0 aliphatic rings. The smallest absolute Gasteiger partial charge is 0.345 e. The lowest BCUT2D eigenvalue weighted by Crippen LogP contribution is -2.28. The third-order valence-corrected chi connectivity index (χ3v) is 5.20. The fourth-order valence-corrected chi connectivity index (χ4v) is 3.42. The predicted octanol–water partition coefficient (Wildman–Crippen LogP) is 4.18. The quantitative estimate of drug-likeness (QED) is 0.504. The lowest BCUT2D eigenvalue weighted by atomic mass is 10.1.